The Balaban J connectivity index is 1.97. The molecule has 0 N–H and O–H groups in total. The third-order valence-corrected chi connectivity index (χ3v) is 6.11. The van der Waals surface area contributed by atoms with Crippen molar-refractivity contribution in [2.75, 3.05) is 13.2 Å². The van der Waals surface area contributed by atoms with E-state index in [1.165, 1.54) is 20.8 Å². The van der Waals surface area contributed by atoms with Crippen molar-refractivity contribution in [3.63, 3.8) is 0 Å². The summed E-state index contributed by atoms with van der Waals surface area (Å²) in [5, 5.41) is 0. The number of carbonyl (C=O) groups is 3. The van der Waals surface area contributed by atoms with E-state index in [2.05, 4.69) is 14.2 Å². The zero-order chi connectivity index (χ0) is 26.1. The summed E-state index contributed by atoms with van der Waals surface area (Å²) in [6, 6.07) is 0. The Labute approximate surface area is 193 Å². The normalized spacial score (nSPS) is 25.9. The van der Waals surface area contributed by atoms with Crippen LogP contribution in [0.25, 0.3) is 0 Å². The molecule has 2 aliphatic rings. The zero-order valence-corrected chi connectivity index (χ0v) is 19.5. The third kappa shape index (κ3) is 6.16. The van der Waals surface area contributed by atoms with E-state index in [4.69, 9.17) is 0 Å². The van der Waals surface area contributed by atoms with Gasteiger partial charge in [-0.3, -0.25) is 9.59 Å². The van der Waals surface area contributed by atoms with Gasteiger partial charge in [0.15, 0.2) is 0 Å². The van der Waals surface area contributed by atoms with Crippen molar-refractivity contribution in [3.8, 4) is 0 Å². The van der Waals surface area contributed by atoms with Crippen molar-refractivity contribution in [1.29, 1.82) is 0 Å². The van der Waals surface area contributed by atoms with Gasteiger partial charge in [0.2, 0.25) is 0 Å². The first-order chi connectivity index (χ1) is 15.4. The van der Waals surface area contributed by atoms with Crippen LogP contribution in [0.5, 0.6) is 0 Å². The molecule has 2 saturated carbocycles. The molecule has 0 amide bonds. The summed E-state index contributed by atoms with van der Waals surface area (Å²) in [7, 11) is 0. The summed E-state index contributed by atoms with van der Waals surface area (Å²) in [6.07, 6.45) is -3.38. The molecule has 0 spiro atoms. The lowest BCUT2D eigenvalue weighted by Gasteiger charge is -2.41. The molecule has 0 aromatic rings. The number of alkyl halides is 6. The van der Waals surface area contributed by atoms with Gasteiger partial charge < -0.3 is 14.2 Å². The molecule has 2 aliphatic carbocycles. The van der Waals surface area contributed by atoms with E-state index >= 15 is 0 Å². The Bertz CT molecular complexity index is 760. The minimum absolute atomic E-state index is 0.0398. The summed E-state index contributed by atoms with van der Waals surface area (Å²) in [4.78, 5) is 35.2. The van der Waals surface area contributed by atoms with Crippen LogP contribution in [0, 0.1) is 29.1 Å². The average molecular weight is 504 g/mol. The maximum Gasteiger partial charge on any atom is 0.473 e. The lowest BCUT2D eigenvalue weighted by Crippen LogP contribution is -2.60. The van der Waals surface area contributed by atoms with E-state index in [1.807, 2.05) is 6.92 Å². The van der Waals surface area contributed by atoms with Gasteiger partial charge in [0.1, 0.15) is 13.2 Å². The van der Waals surface area contributed by atoms with Crippen LogP contribution in [-0.4, -0.2) is 49.1 Å². The third-order valence-electron chi connectivity index (χ3n) is 6.11. The molecule has 12 heteroatoms. The highest BCUT2D eigenvalue weighted by Gasteiger charge is 2.78. The number of hydrogen-bond acceptors (Lipinski definition) is 6. The van der Waals surface area contributed by atoms with Gasteiger partial charge in [0, 0.05) is 0 Å². The fourth-order valence-corrected chi connectivity index (χ4v) is 4.54. The Kier molecular flexibility index (Phi) is 8.24. The maximum atomic E-state index is 14.1. The summed E-state index contributed by atoms with van der Waals surface area (Å²) in [5.41, 5.74) is -0.970. The molecule has 2 rings (SSSR count). The Morgan fingerprint density at radius 1 is 0.765 bits per heavy atom. The SMILES string of the molecule is CC1CC2CC(C1)CC(C(=O)OC(F)(F)C(F)(F)C(F)(F)C(=O)OCCOC(=O)C(C)(C)C)C2. The van der Waals surface area contributed by atoms with E-state index in [0.717, 1.165) is 19.3 Å². The number of hydrogen-bond donors (Lipinski definition) is 0. The number of esters is 3. The number of ether oxygens (including phenoxy) is 3. The molecule has 0 aromatic heterocycles. The highest BCUT2D eigenvalue weighted by atomic mass is 19.3. The fourth-order valence-electron chi connectivity index (χ4n) is 4.54. The molecule has 6 nitrogen and oxygen atoms in total. The average Bonchev–Trinajstić information content (AvgIpc) is 2.68. The molecule has 2 atom stereocenters. The van der Waals surface area contributed by atoms with E-state index in [1.54, 1.807) is 0 Å². The molecule has 34 heavy (non-hydrogen) atoms. The maximum absolute atomic E-state index is 14.1. The van der Waals surface area contributed by atoms with Crippen LogP contribution in [0.2, 0.25) is 0 Å². The first kappa shape index (κ1) is 28.2. The van der Waals surface area contributed by atoms with Crippen LogP contribution < -0.4 is 0 Å². The van der Waals surface area contributed by atoms with E-state index < -0.39 is 60.4 Å². The van der Waals surface area contributed by atoms with Crippen LogP contribution in [0.3, 0.4) is 0 Å². The Morgan fingerprint density at radius 2 is 1.24 bits per heavy atom. The van der Waals surface area contributed by atoms with Crippen LogP contribution in [0.1, 0.15) is 59.8 Å². The van der Waals surface area contributed by atoms with Crippen molar-refractivity contribution in [2.24, 2.45) is 29.1 Å². The topological polar surface area (TPSA) is 78.9 Å². The van der Waals surface area contributed by atoms with Gasteiger partial charge >= 0.3 is 35.9 Å². The molecule has 196 valence electrons. The molecule has 0 aromatic carbocycles. The van der Waals surface area contributed by atoms with Gasteiger partial charge in [0.05, 0.1) is 11.3 Å². The highest BCUT2D eigenvalue weighted by Crippen LogP contribution is 2.49. The number of halogens is 6. The highest BCUT2D eigenvalue weighted by molar-refractivity contribution is 5.79. The number of carbonyl (C=O) groups excluding carboxylic acids is 3. The first-order valence-corrected chi connectivity index (χ1v) is 11.1. The lowest BCUT2D eigenvalue weighted by atomic mass is 9.65. The Hall–Kier alpha value is -2.01. The lowest BCUT2D eigenvalue weighted by molar-refractivity contribution is -0.380. The van der Waals surface area contributed by atoms with Crippen molar-refractivity contribution < 1.29 is 54.9 Å². The molecular formula is C22H30F6O6. The summed E-state index contributed by atoms with van der Waals surface area (Å²) in [6.45, 7) is 4.61. The van der Waals surface area contributed by atoms with Crippen LogP contribution in [0.4, 0.5) is 26.3 Å². The van der Waals surface area contributed by atoms with E-state index in [-0.39, 0.29) is 24.7 Å². The van der Waals surface area contributed by atoms with E-state index in [0.29, 0.717) is 5.92 Å². The summed E-state index contributed by atoms with van der Waals surface area (Å²) in [5.74, 6) is -18.5. The number of rotatable bonds is 8. The molecule has 0 aliphatic heterocycles. The van der Waals surface area contributed by atoms with Crippen LogP contribution in [0.15, 0.2) is 0 Å². The largest absolute Gasteiger partial charge is 0.473 e. The predicted octanol–water partition coefficient (Wildman–Crippen LogP) is 4.99. The van der Waals surface area contributed by atoms with Gasteiger partial charge in [-0.2, -0.15) is 26.3 Å². The van der Waals surface area contributed by atoms with Crippen LogP contribution in [-0.2, 0) is 28.6 Å². The Morgan fingerprint density at radius 3 is 1.71 bits per heavy atom. The zero-order valence-electron chi connectivity index (χ0n) is 19.5. The minimum Gasteiger partial charge on any atom is -0.462 e. The molecular weight excluding hydrogens is 474 g/mol. The number of fused-ring (bicyclic) bond motifs is 2. The van der Waals surface area contributed by atoms with Gasteiger partial charge in [-0.1, -0.05) is 6.92 Å². The monoisotopic (exact) mass is 504 g/mol. The van der Waals surface area contributed by atoms with Crippen LogP contribution >= 0.6 is 0 Å². The van der Waals surface area contributed by atoms with E-state index in [9.17, 15) is 40.7 Å². The second kappa shape index (κ2) is 9.93. The van der Waals surface area contributed by atoms with Crippen molar-refractivity contribution >= 4 is 17.9 Å². The second-order valence-corrected chi connectivity index (χ2v) is 10.3. The molecule has 0 radical (unpaired) electrons. The van der Waals surface area contributed by atoms with Crippen molar-refractivity contribution in [1.82, 2.24) is 0 Å². The van der Waals surface area contributed by atoms with Gasteiger partial charge in [-0.25, -0.2) is 4.79 Å². The second-order valence-electron chi connectivity index (χ2n) is 10.3. The molecule has 2 fully saturated rings. The summed E-state index contributed by atoms with van der Waals surface area (Å²) >= 11 is 0. The van der Waals surface area contributed by atoms with Gasteiger partial charge in [-0.05, 0) is 70.6 Å². The molecule has 2 bridgehead atoms. The molecule has 0 heterocycles. The standard InChI is InChI=1S/C22H30F6O6/c1-12-7-13-9-14(8-12)11-15(10-13)16(29)34-22(27,28)21(25,26)20(23,24)18(31)33-6-5-32-17(30)19(2,3)4/h12-15H,5-11H2,1-4H3. The molecule has 2 unspecified atom stereocenters. The smallest absolute Gasteiger partial charge is 0.462 e. The van der Waals surface area contributed by atoms with Crippen molar-refractivity contribution in [2.45, 2.75) is 77.8 Å². The van der Waals surface area contributed by atoms with Crippen molar-refractivity contribution in [3.05, 3.63) is 0 Å². The summed E-state index contributed by atoms with van der Waals surface area (Å²) < 4.78 is 96.4. The first-order valence-electron chi connectivity index (χ1n) is 11.1. The minimum atomic E-state index is -6.38. The van der Waals surface area contributed by atoms with Gasteiger partial charge in [0.25, 0.3) is 0 Å². The quantitative estimate of drug-likeness (QED) is 0.201. The predicted molar refractivity (Wildman–Crippen MR) is 105 cm³/mol. The van der Waals surface area contributed by atoms with Gasteiger partial charge in [-0.15, -0.1) is 0 Å². The fraction of sp³-hybridized carbons (Fsp3) is 0.864. The molecule has 0 saturated heterocycles.